The van der Waals surface area contributed by atoms with Crippen molar-refractivity contribution in [2.75, 3.05) is 13.7 Å². The Morgan fingerprint density at radius 1 is 0.805 bits per heavy atom. The Balaban J connectivity index is 1.59. The van der Waals surface area contributed by atoms with Gasteiger partial charge in [-0.3, -0.25) is 4.79 Å². The molecule has 0 spiro atoms. The molecule has 0 bridgehead atoms. The fourth-order valence-corrected chi connectivity index (χ4v) is 4.67. The van der Waals surface area contributed by atoms with Gasteiger partial charge in [0.2, 0.25) is 0 Å². The van der Waals surface area contributed by atoms with Crippen molar-refractivity contribution in [3.05, 3.63) is 120 Å². The summed E-state index contributed by atoms with van der Waals surface area (Å²) in [7, 11) is 1.53. The number of methoxy groups -OCH3 is 1. The van der Waals surface area contributed by atoms with E-state index in [1.165, 1.54) is 7.11 Å². The number of hydrogen-bond acceptors (Lipinski definition) is 7. The van der Waals surface area contributed by atoms with Gasteiger partial charge in [0.1, 0.15) is 18.3 Å². The van der Waals surface area contributed by atoms with Gasteiger partial charge in [-0.2, -0.15) is 0 Å². The van der Waals surface area contributed by atoms with Crippen molar-refractivity contribution < 1.29 is 33.2 Å². The summed E-state index contributed by atoms with van der Waals surface area (Å²) < 4.78 is 37.2. The maximum Gasteiger partial charge on any atom is 0.306 e. The van der Waals surface area contributed by atoms with E-state index in [0.29, 0.717) is 19.8 Å². The Hall–Kier alpha value is -3.33. The quantitative estimate of drug-likeness (QED) is 0.170. The van der Waals surface area contributed by atoms with Crippen LogP contribution in [0, 0.1) is 5.92 Å². The molecule has 3 aromatic carbocycles. The summed E-state index contributed by atoms with van der Waals surface area (Å²) in [5.74, 6) is -0.428. The first-order valence-corrected chi connectivity index (χ1v) is 14.0. The maximum atomic E-state index is 13.0. The fraction of sp³-hybridized carbons (Fsp3) is 0.382. The molecule has 41 heavy (non-hydrogen) atoms. The minimum atomic E-state index is -0.874. The van der Waals surface area contributed by atoms with Crippen LogP contribution in [0.4, 0.5) is 0 Å². The second-order valence-corrected chi connectivity index (χ2v) is 10.2. The van der Waals surface area contributed by atoms with Gasteiger partial charge in [0.05, 0.1) is 32.8 Å². The molecular weight excluding hydrogens is 520 g/mol. The second-order valence-electron chi connectivity index (χ2n) is 10.2. The number of carbonyl (C=O) groups is 1. The minimum absolute atomic E-state index is 0.0408. The first kappa shape index (κ1) is 30.6. The minimum Gasteiger partial charge on any atom is -0.454 e. The lowest BCUT2D eigenvalue weighted by atomic mass is 9.97. The summed E-state index contributed by atoms with van der Waals surface area (Å²) >= 11 is 0. The summed E-state index contributed by atoms with van der Waals surface area (Å²) in [5.41, 5.74) is 3.03. The van der Waals surface area contributed by atoms with Crippen molar-refractivity contribution in [1.82, 2.24) is 0 Å². The molecule has 1 aliphatic heterocycles. The molecule has 1 fully saturated rings. The topological polar surface area (TPSA) is 72.5 Å². The molecule has 7 nitrogen and oxygen atoms in total. The molecule has 6 atom stereocenters. The van der Waals surface area contributed by atoms with E-state index in [1.807, 2.05) is 97.9 Å². The monoisotopic (exact) mass is 560 g/mol. The standard InChI is InChI=1S/C34H40O7/c1-4-25(2)20-30(35)41-33-32(39-23-28-18-12-7-13-19-28)31(38-22-27-16-10-6-11-17-27)29(40-34(33)36-3)24-37-21-26-14-8-5-9-15-26/h4-19,25,29,31-34H,1,20-24H2,2-3H3/t25-,29+,31+,32-,33-,34-/m0/s1. The van der Waals surface area contributed by atoms with E-state index in [0.717, 1.165) is 16.7 Å². The third-order valence-electron chi connectivity index (χ3n) is 6.95. The number of carbonyl (C=O) groups excluding carboxylic acids is 1. The summed E-state index contributed by atoms with van der Waals surface area (Å²) in [4.78, 5) is 13.0. The van der Waals surface area contributed by atoms with Crippen LogP contribution >= 0.6 is 0 Å². The van der Waals surface area contributed by atoms with Gasteiger partial charge in [-0.15, -0.1) is 6.58 Å². The lowest BCUT2D eigenvalue weighted by molar-refractivity contribution is -0.316. The molecule has 7 heteroatoms. The lowest BCUT2D eigenvalue weighted by Gasteiger charge is -2.45. The fourth-order valence-electron chi connectivity index (χ4n) is 4.67. The molecule has 0 aromatic heterocycles. The largest absolute Gasteiger partial charge is 0.454 e. The van der Waals surface area contributed by atoms with Crippen LogP contribution in [0.5, 0.6) is 0 Å². The van der Waals surface area contributed by atoms with E-state index in [9.17, 15) is 4.79 Å². The van der Waals surface area contributed by atoms with Crippen molar-refractivity contribution in [3.63, 3.8) is 0 Å². The molecule has 1 aliphatic rings. The molecule has 3 aromatic rings. The van der Waals surface area contributed by atoms with E-state index in [2.05, 4.69) is 6.58 Å². The van der Waals surface area contributed by atoms with E-state index in [4.69, 9.17) is 28.4 Å². The average molecular weight is 561 g/mol. The number of allylic oxidation sites excluding steroid dienone is 1. The zero-order valence-corrected chi connectivity index (χ0v) is 23.8. The Morgan fingerprint density at radius 3 is 1.83 bits per heavy atom. The third-order valence-corrected chi connectivity index (χ3v) is 6.95. The SMILES string of the molecule is C=C[C@H](C)CC(=O)O[C@@H]1[C@@H](OC)O[C@H](COCc2ccccc2)[C@@H](OCc2ccccc2)[C@@H]1OCc1ccccc1. The molecule has 0 unspecified atom stereocenters. The molecule has 218 valence electrons. The second kappa shape index (κ2) is 16.2. The number of ether oxygens (including phenoxy) is 6. The highest BCUT2D eigenvalue weighted by atomic mass is 16.7. The smallest absolute Gasteiger partial charge is 0.306 e. The molecule has 4 rings (SSSR count). The molecule has 1 saturated heterocycles. The molecule has 0 N–H and O–H groups in total. The van der Waals surface area contributed by atoms with Gasteiger partial charge >= 0.3 is 5.97 Å². The highest BCUT2D eigenvalue weighted by Gasteiger charge is 2.50. The van der Waals surface area contributed by atoms with Gasteiger partial charge in [-0.25, -0.2) is 0 Å². The van der Waals surface area contributed by atoms with Crippen molar-refractivity contribution in [2.24, 2.45) is 5.92 Å². The van der Waals surface area contributed by atoms with Crippen LogP contribution in [-0.2, 0) is 53.0 Å². The Bertz CT molecular complexity index is 1170. The Labute approximate surface area is 243 Å². The van der Waals surface area contributed by atoms with Crippen LogP contribution in [-0.4, -0.2) is 50.4 Å². The van der Waals surface area contributed by atoms with E-state index in [-0.39, 0.29) is 24.9 Å². The summed E-state index contributed by atoms with van der Waals surface area (Å²) in [6.45, 7) is 6.95. The molecule has 1 heterocycles. The summed E-state index contributed by atoms with van der Waals surface area (Å²) in [5, 5.41) is 0. The van der Waals surface area contributed by atoms with Gasteiger partial charge in [-0.1, -0.05) is 104 Å². The predicted octanol–water partition coefficient (Wildman–Crippen LogP) is 5.87. The molecule has 0 saturated carbocycles. The zero-order chi connectivity index (χ0) is 28.9. The Kier molecular flexibility index (Phi) is 12.1. The van der Waals surface area contributed by atoms with Crippen LogP contribution in [0.15, 0.2) is 104 Å². The highest BCUT2D eigenvalue weighted by Crippen LogP contribution is 2.31. The van der Waals surface area contributed by atoms with Crippen molar-refractivity contribution in [2.45, 2.75) is 63.9 Å². The summed E-state index contributed by atoms with van der Waals surface area (Å²) in [6.07, 6.45) is -1.68. The summed E-state index contributed by atoms with van der Waals surface area (Å²) in [6, 6.07) is 29.7. The van der Waals surface area contributed by atoms with Crippen molar-refractivity contribution >= 4 is 5.97 Å². The van der Waals surface area contributed by atoms with Gasteiger partial charge in [0.25, 0.3) is 0 Å². The molecule has 0 radical (unpaired) electrons. The van der Waals surface area contributed by atoms with E-state index in [1.54, 1.807) is 6.08 Å². The number of benzene rings is 3. The normalized spacial score (nSPS) is 23.0. The number of hydrogen-bond donors (Lipinski definition) is 0. The van der Waals surface area contributed by atoms with Gasteiger partial charge in [-0.05, 0) is 22.6 Å². The Morgan fingerprint density at radius 2 is 1.32 bits per heavy atom. The van der Waals surface area contributed by atoms with Gasteiger partial charge in [0.15, 0.2) is 12.4 Å². The van der Waals surface area contributed by atoms with Crippen molar-refractivity contribution in [3.8, 4) is 0 Å². The van der Waals surface area contributed by atoms with Crippen LogP contribution in [0.3, 0.4) is 0 Å². The van der Waals surface area contributed by atoms with E-state index >= 15 is 0 Å². The molecular formula is C34H40O7. The van der Waals surface area contributed by atoms with Crippen LogP contribution in [0.1, 0.15) is 30.0 Å². The van der Waals surface area contributed by atoms with Crippen LogP contribution < -0.4 is 0 Å². The molecule has 0 amide bonds. The van der Waals surface area contributed by atoms with Gasteiger partial charge < -0.3 is 28.4 Å². The number of rotatable bonds is 15. The number of esters is 1. The van der Waals surface area contributed by atoms with Crippen LogP contribution in [0.25, 0.3) is 0 Å². The lowest BCUT2D eigenvalue weighted by Crippen LogP contribution is -2.62. The van der Waals surface area contributed by atoms with Crippen LogP contribution in [0.2, 0.25) is 0 Å². The third kappa shape index (κ3) is 9.35. The van der Waals surface area contributed by atoms with Crippen molar-refractivity contribution in [1.29, 1.82) is 0 Å². The van der Waals surface area contributed by atoms with E-state index < -0.39 is 30.7 Å². The predicted molar refractivity (Wildman–Crippen MR) is 156 cm³/mol. The molecule has 0 aliphatic carbocycles. The average Bonchev–Trinajstić information content (AvgIpc) is 3.01. The first-order chi connectivity index (χ1) is 20.1. The maximum absolute atomic E-state index is 13.0. The first-order valence-electron chi connectivity index (χ1n) is 14.0. The van der Waals surface area contributed by atoms with Gasteiger partial charge in [0, 0.05) is 7.11 Å². The highest BCUT2D eigenvalue weighted by molar-refractivity contribution is 5.70. The zero-order valence-electron chi connectivity index (χ0n) is 23.8.